The third-order valence-corrected chi connectivity index (χ3v) is 3.25. The lowest BCUT2D eigenvalue weighted by Gasteiger charge is -2.26. The molecule has 1 aromatic rings. The molecule has 0 bridgehead atoms. The first kappa shape index (κ1) is 17.1. The van der Waals surface area contributed by atoms with Crippen molar-refractivity contribution in [2.75, 3.05) is 6.54 Å². The van der Waals surface area contributed by atoms with Gasteiger partial charge in [-0.05, 0) is 19.9 Å². The quantitative estimate of drug-likeness (QED) is 0.622. The summed E-state index contributed by atoms with van der Waals surface area (Å²) >= 11 is 3.13. The van der Waals surface area contributed by atoms with E-state index >= 15 is 0 Å². The minimum atomic E-state index is -1.01. The first-order valence-electron chi connectivity index (χ1n) is 6.20. The standard InChI is InChI=1S/C13H15BrN2O5/c1-8(2)15(4-3-12(17)18)13(19)9-5-10(14)7-11(6-9)16(20)21/h5-8H,3-4H2,1-2H3,(H,17,18). The van der Waals surface area contributed by atoms with Crippen molar-refractivity contribution >= 4 is 33.5 Å². The number of hydrogen-bond acceptors (Lipinski definition) is 4. The molecule has 21 heavy (non-hydrogen) atoms. The molecule has 0 aromatic heterocycles. The molecular weight excluding hydrogens is 344 g/mol. The Kier molecular flexibility index (Phi) is 5.83. The zero-order chi connectivity index (χ0) is 16.2. The molecule has 1 rings (SSSR count). The van der Waals surface area contributed by atoms with Crippen molar-refractivity contribution in [3.63, 3.8) is 0 Å². The maximum Gasteiger partial charge on any atom is 0.305 e. The first-order chi connectivity index (χ1) is 9.72. The Morgan fingerprint density at radius 1 is 1.38 bits per heavy atom. The summed E-state index contributed by atoms with van der Waals surface area (Å²) in [5.74, 6) is -1.44. The van der Waals surface area contributed by atoms with E-state index in [1.165, 1.54) is 23.1 Å². The predicted molar refractivity (Wildman–Crippen MR) is 79.2 cm³/mol. The van der Waals surface area contributed by atoms with Crippen molar-refractivity contribution in [1.82, 2.24) is 4.90 Å². The van der Waals surface area contributed by atoms with E-state index in [1.54, 1.807) is 13.8 Å². The lowest BCUT2D eigenvalue weighted by atomic mass is 10.1. The number of benzene rings is 1. The summed E-state index contributed by atoms with van der Waals surface area (Å²) in [7, 11) is 0. The zero-order valence-electron chi connectivity index (χ0n) is 11.6. The van der Waals surface area contributed by atoms with Crippen LogP contribution in [-0.4, -0.2) is 39.4 Å². The summed E-state index contributed by atoms with van der Waals surface area (Å²) in [6.07, 6.45) is -0.181. The highest BCUT2D eigenvalue weighted by Gasteiger charge is 2.22. The molecule has 0 unspecified atom stereocenters. The number of nitro benzene ring substituents is 1. The Labute approximate surface area is 129 Å². The smallest absolute Gasteiger partial charge is 0.305 e. The van der Waals surface area contributed by atoms with Crippen molar-refractivity contribution in [1.29, 1.82) is 0 Å². The summed E-state index contributed by atoms with van der Waals surface area (Å²) in [5, 5.41) is 19.6. The highest BCUT2D eigenvalue weighted by atomic mass is 79.9. The van der Waals surface area contributed by atoms with Crippen LogP contribution in [0.25, 0.3) is 0 Å². The Bertz CT molecular complexity index is 574. The second kappa shape index (κ2) is 7.16. The number of carbonyl (C=O) groups is 2. The molecule has 0 atom stereocenters. The average molecular weight is 359 g/mol. The van der Waals surface area contributed by atoms with Gasteiger partial charge in [0.2, 0.25) is 0 Å². The molecule has 0 fully saturated rings. The van der Waals surface area contributed by atoms with Gasteiger partial charge in [-0.25, -0.2) is 0 Å². The van der Waals surface area contributed by atoms with Gasteiger partial charge in [-0.15, -0.1) is 0 Å². The van der Waals surface area contributed by atoms with Crippen LogP contribution < -0.4 is 0 Å². The summed E-state index contributed by atoms with van der Waals surface area (Å²) in [4.78, 5) is 34.7. The van der Waals surface area contributed by atoms with Gasteiger partial charge in [0.1, 0.15) is 0 Å². The molecule has 0 heterocycles. The van der Waals surface area contributed by atoms with Crippen molar-refractivity contribution in [3.05, 3.63) is 38.3 Å². The lowest BCUT2D eigenvalue weighted by Crippen LogP contribution is -2.38. The third-order valence-electron chi connectivity index (χ3n) is 2.79. The van der Waals surface area contributed by atoms with E-state index in [-0.39, 0.29) is 30.3 Å². The number of aliphatic carboxylic acids is 1. The SMILES string of the molecule is CC(C)N(CCC(=O)O)C(=O)c1cc(Br)cc([N+](=O)[O-])c1. The summed E-state index contributed by atoms with van der Waals surface area (Å²) < 4.78 is 0.419. The van der Waals surface area contributed by atoms with Gasteiger partial charge in [0.05, 0.1) is 11.3 Å². The first-order valence-corrected chi connectivity index (χ1v) is 6.99. The topological polar surface area (TPSA) is 101 Å². The molecule has 1 N–H and O–H groups in total. The summed E-state index contributed by atoms with van der Waals surface area (Å²) in [5.41, 5.74) is -0.0511. The fraction of sp³-hybridized carbons (Fsp3) is 0.385. The van der Waals surface area contributed by atoms with E-state index in [1.807, 2.05) is 0 Å². The highest BCUT2D eigenvalue weighted by Crippen LogP contribution is 2.23. The second-order valence-corrected chi connectivity index (χ2v) is 5.61. The Balaban J connectivity index is 3.08. The molecular formula is C13H15BrN2O5. The van der Waals surface area contributed by atoms with Gasteiger partial charge in [0.15, 0.2) is 0 Å². The van der Waals surface area contributed by atoms with E-state index in [9.17, 15) is 19.7 Å². The fourth-order valence-electron chi connectivity index (χ4n) is 1.78. The third kappa shape index (κ3) is 4.82. The molecule has 8 heteroatoms. The summed E-state index contributed by atoms with van der Waals surface area (Å²) in [6, 6.07) is 3.75. The minimum Gasteiger partial charge on any atom is -0.481 e. The molecule has 0 radical (unpaired) electrons. The Morgan fingerprint density at radius 2 is 2.00 bits per heavy atom. The molecule has 7 nitrogen and oxygen atoms in total. The molecule has 1 amide bonds. The van der Waals surface area contributed by atoms with Crippen LogP contribution in [0.5, 0.6) is 0 Å². The number of rotatable bonds is 6. The van der Waals surface area contributed by atoms with Gasteiger partial charge in [-0.2, -0.15) is 0 Å². The van der Waals surface area contributed by atoms with Gasteiger partial charge >= 0.3 is 5.97 Å². The van der Waals surface area contributed by atoms with Gasteiger partial charge in [-0.1, -0.05) is 15.9 Å². The van der Waals surface area contributed by atoms with Crippen LogP contribution in [0, 0.1) is 10.1 Å². The largest absolute Gasteiger partial charge is 0.481 e. The van der Waals surface area contributed by atoms with E-state index in [0.717, 1.165) is 0 Å². The monoisotopic (exact) mass is 358 g/mol. The van der Waals surface area contributed by atoms with Gasteiger partial charge < -0.3 is 10.0 Å². The number of non-ortho nitro benzene ring substituents is 1. The van der Waals surface area contributed by atoms with E-state index in [4.69, 9.17) is 5.11 Å². The number of carbonyl (C=O) groups excluding carboxylic acids is 1. The van der Waals surface area contributed by atoms with Crippen molar-refractivity contribution in [3.8, 4) is 0 Å². The number of halogens is 1. The van der Waals surface area contributed by atoms with Crippen LogP contribution >= 0.6 is 15.9 Å². The van der Waals surface area contributed by atoms with Crippen LogP contribution in [0.15, 0.2) is 22.7 Å². The van der Waals surface area contributed by atoms with E-state index in [2.05, 4.69) is 15.9 Å². The molecule has 0 aliphatic carbocycles. The predicted octanol–water partition coefficient (Wildman–Crippen LogP) is 2.68. The van der Waals surface area contributed by atoms with E-state index < -0.39 is 16.8 Å². The normalized spacial score (nSPS) is 10.5. The van der Waals surface area contributed by atoms with Crippen molar-refractivity contribution in [2.24, 2.45) is 0 Å². The van der Waals surface area contributed by atoms with Crippen LogP contribution in [0.4, 0.5) is 5.69 Å². The average Bonchev–Trinajstić information content (AvgIpc) is 2.37. The number of hydrogen-bond donors (Lipinski definition) is 1. The summed E-state index contributed by atoms with van der Waals surface area (Å²) in [6.45, 7) is 3.56. The molecule has 0 aliphatic heterocycles. The Morgan fingerprint density at radius 3 is 2.48 bits per heavy atom. The van der Waals surface area contributed by atoms with Gasteiger partial charge in [-0.3, -0.25) is 19.7 Å². The van der Waals surface area contributed by atoms with Crippen LogP contribution in [0.3, 0.4) is 0 Å². The maximum atomic E-state index is 12.4. The molecule has 0 spiro atoms. The van der Waals surface area contributed by atoms with Crippen LogP contribution in [0.2, 0.25) is 0 Å². The second-order valence-electron chi connectivity index (χ2n) is 4.69. The van der Waals surface area contributed by atoms with Crippen LogP contribution in [0.1, 0.15) is 30.6 Å². The van der Waals surface area contributed by atoms with Crippen molar-refractivity contribution < 1.29 is 19.6 Å². The Hall–Kier alpha value is -1.96. The van der Waals surface area contributed by atoms with Gasteiger partial charge in [0, 0.05) is 34.8 Å². The van der Waals surface area contributed by atoms with Crippen LogP contribution in [-0.2, 0) is 4.79 Å². The minimum absolute atomic E-state index is 0.0478. The molecule has 0 aliphatic rings. The van der Waals surface area contributed by atoms with Gasteiger partial charge in [0.25, 0.3) is 11.6 Å². The zero-order valence-corrected chi connectivity index (χ0v) is 13.2. The number of nitrogens with zero attached hydrogens (tertiary/aromatic N) is 2. The van der Waals surface area contributed by atoms with Crippen molar-refractivity contribution in [2.45, 2.75) is 26.3 Å². The molecule has 0 saturated carbocycles. The highest BCUT2D eigenvalue weighted by molar-refractivity contribution is 9.10. The maximum absolute atomic E-state index is 12.4. The number of carboxylic acids is 1. The molecule has 114 valence electrons. The molecule has 1 aromatic carbocycles. The molecule has 0 saturated heterocycles. The number of amides is 1. The number of nitro groups is 1. The lowest BCUT2D eigenvalue weighted by molar-refractivity contribution is -0.385. The fourth-order valence-corrected chi connectivity index (χ4v) is 2.26. The van der Waals surface area contributed by atoms with E-state index in [0.29, 0.717) is 4.47 Å². The number of carboxylic acid groups (broad SMARTS) is 1.